The molecule has 8 nitrogen and oxygen atoms in total. The first-order valence-electron chi connectivity index (χ1n) is 9.04. The van der Waals surface area contributed by atoms with Crippen molar-refractivity contribution in [2.75, 3.05) is 5.32 Å². The summed E-state index contributed by atoms with van der Waals surface area (Å²) in [5, 5.41) is 7.22. The van der Waals surface area contributed by atoms with Crippen molar-refractivity contribution < 1.29 is 9.53 Å². The molecule has 1 aliphatic carbocycles. The van der Waals surface area contributed by atoms with Crippen molar-refractivity contribution in [1.82, 2.24) is 19.3 Å². The Morgan fingerprint density at radius 1 is 1.33 bits per heavy atom. The third-order valence-corrected chi connectivity index (χ3v) is 4.75. The Hall–Kier alpha value is -3.16. The van der Waals surface area contributed by atoms with Crippen molar-refractivity contribution in [3.63, 3.8) is 0 Å². The molecule has 140 valence electrons. The molecule has 1 amide bonds. The predicted octanol–water partition coefficient (Wildman–Crippen LogP) is 2.09. The minimum Gasteiger partial charge on any atom is -0.490 e. The van der Waals surface area contributed by atoms with Gasteiger partial charge in [-0.2, -0.15) is 5.10 Å². The van der Waals surface area contributed by atoms with Crippen LogP contribution in [-0.2, 0) is 18.4 Å². The molecule has 2 heterocycles. The number of nitrogens with one attached hydrogen (secondary N) is 1. The molecule has 3 aromatic rings. The molecule has 4 rings (SSSR count). The molecule has 2 aromatic heterocycles. The largest absolute Gasteiger partial charge is 0.490 e. The lowest BCUT2D eigenvalue weighted by Gasteiger charge is -2.14. The molecule has 0 spiro atoms. The van der Waals surface area contributed by atoms with Crippen LogP contribution in [0.1, 0.15) is 25.7 Å². The molecule has 1 aromatic carbocycles. The van der Waals surface area contributed by atoms with Gasteiger partial charge in [0.1, 0.15) is 24.0 Å². The van der Waals surface area contributed by atoms with E-state index in [4.69, 9.17) is 4.74 Å². The van der Waals surface area contributed by atoms with Crippen LogP contribution < -0.4 is 15.6 Å². The van der Waals surface area contributed by atoms with E-state index in [0.29, 0.717) is 16.7 Å². The van der Waals surface area contributed by atoms with Crippen molar-refractivity contribution in [3.05, 3.63) is 47.1 Å². The quantitative estimate of drug-likeness (QED) is 0.746. The van der Waals surface area contributed by atoms with Crippen molar-refractivity contribution in [2.45, 2.75) is 38.3 Å². The van der Waals surface area contributed by atoms with E-state index in [-0.39, 0.29) is 24.1 Å². The third-order valence-electron chi connectivity index (χ3n) is 4.75. The van der Waals surface area contributed by atoms with Gasteiger partial charge >= 0.3 is 0 Å². The number of aromatic nitrogens is 4. The van der Waals surface area contributed by atoms with Gasteiger partial charge < -0.3 is 10.1 Å². The highest BCUT2D eigenvalue weighted by Gasteiger charge is 2.17. The first kappa shape index (κ1) is 17.3. The van der Waals surface area contributed by atoms with Gasteiger partial charge in [0.25, 0.3) is 5.56 Å². The maximum absolute atomic E-state index is 12.4. The summed E-state index contributed by atoms with van der Waals surface area (Å²) >= 11 is 0. The normalized spacial score (nSPS) is 14.6. The van der Waals surface area contributed by atoms with Gasteiger partial charge in [0, 0.05) is 18.8 Å². The number of fused-ring (bicyclic) bond motifs is 1. The number of anilines is 1. The summed E-state index contributed by atoms with van der Waals surface area (Å²) in [6.07, 6.45) is 7.63. The lowest BCUT2D eigenvalue weighted by atomic mass is 10.2. The topological polar surface area (TPSA) is 91.0 Å². The lowest BCUT2D eigenvalue weighted by molar-refractivity contribution is -0.116. The Kier molecular flexibility index (Phi) is 4.62. The summed E-state index contributed by atoms with van der Waals surface area (Å²) in [5.74, 6) is 0.440. The Labute approximate surface area is 155 Å². The summed E-state index contributed by atoms with van der Waals surface area (Å²) in [5.41, 5.74) is 0.842. The van der Waals surface area contributed by atoms with E-state index in [9.17, 15) is 9.59 Å². The number of rotatable bonds is 5. The maximum atomic E-state index is 12.4. The zero-order valence-electron chi connectivity index (χ0n) is 15.1. The van der Waals surface area contributed by atoms with Gasteiger partial charge in [-0.1, -0.05) is 6.07 Å². The molecule has 0 atom stereocenters. The molecule has 1 saturated carbocycles. The fourth-order valence-corrected chi connectivity index (χ4v) is 3.38. The molecule has 1 aliphatic rings. The average molecular weight is 367 g/mol. The van der Waals surface area contributed by atoms with E-state index in [1.807, 2.05) is 18.2 Å². The Morgan fingerprint density at radius 2 is 2.15 bits per heavy atom. The Bertz CT molecular complexity index is 1030. The van der Waals surface area contributed by atoms with Crippen LogP contribution in [0, 0.1) is 0 Å². The third kappa shape index (κ3) is 3.69. The zero-order valence-corrected chi connectivity index (χ0v) is 15.1. The van der Waals surface area contributed by atoms with Gasteiger partial charge in [0.2, 0.25) is 5.91 Å². The summed E-state index contributed by atoms with van der Waals surface area (Å²) in [7, 11) is 1.71. The highest BCUT2D eigenvalue weighted by Crippen LogP contribution is 2.25. The SMILES string of the molecule is Cn1ncc2c(=O)n(CC(=O)Nc3cccc(OC4CCCC4)c3)cnc21. The van der Waals surface area contributed by atoms with Gasteiger partial charge in [-0.3, -0.25) is 18.8 Å². The van der Waals surface area contributed by atoms with Crippen LogP contribution >= 0.6 is 0 Å². The minimum atomic E-state index is -0.305. The molecule has 0 bridgehead atoms. The number of carbonyl (C=O) groups excluding carboxylic acids is 1. The van der Waals surface area contributed by atoms with Crippen LogP contribution in [0.2, 0.25) is 0 Å². The van der Waals surface area contributed by atoms with Gasteiger partial charge in [0.15, 0.2) is 5.65 Å². The standard InChI is InChI=1S/C19H21N5O3/c1-23-18-16(10-21-23)19(26)24(12-20-18)11-17(25)22-13-5-4-8-15(9-13)27-14-6-2-3-7-14/h4-5,8-10,12,14H,2-3,6-7,11H2,1H3,(H,22,25). The van der Waals surface area contributed by atoms with Crippen LogP contribution in [0.4, 0.5) is 5.69 Å². The molecule has 8 heteroatoms. The summed E-state index contributed by atoms with van der Waals surface area (Å²) < 4.78 is 8.76. The number of hydrogen-bond donors (Lipinski definition) is 1. The molecule has 0 saturated heterocycles. The number of amides is 1. The Morgan fingerprint density at radius 3 is 2.96 bits per heavy atom. The van der Waals surface area contributed by atoms with Crippen molar-refractivity contribution in [3.8, 4) is 5.75 Å². The monoisotopic (exact) mass is 367 g/mol. The average Bonchev–Trinajstić information content (AvgIpc) is 3.28. The second-order valence-electron chi connectivity index (χ2n) is 6.78. The van der Waals surface area contributed by atoms with Gasteiger partial charge in [0.05, 0.1) is 12.3 Å². The van der Waals surface area contributed by atoms with E-state index in [2.05, 4.69) is 15.4 Å². The highest BCUT2D eigenvalue weighted by atomic mass is 16.5. The number of hydrogen-bond acceptors (Lipinski definition) is 5. The van der Waals surface area contributed by atoms with E-state index in [1.165, 1.54) is 34.6 Å². The smallest absolute Gasteiger partial charge is 0.264 e. The number of nitrogens with zero attached hydrogens (tertiary/aromatic N) is 4. The molecule has 27 heavy (non-hydrogen) atoms. The molecule has 0 aliphatic heterocycles. The van der Waals surface area contributed by atoms with E-state index >= 15 is 0 Å². The fraction of sp³-hybridized carbons (Fsp3) is 0.368. The van der Waals surface area contributed by atoms with Gasteiger partial charge in [-0.15, -0.1) is 0 Å². The molecular weight excluding hydrogens is 346 g/mol. The maximum Gasteiger partial charge on any atom is 0.264 e. The lowest BCUT2D eigenvalue weighted by Crippen LogP contribution is -2.27. The van der Waals surface area contributed by atoms with Crippen molar-refractivity contribution in [2.24, 2.45) is 7.05 Å². The van der Waals surface area contributed by atoms with Crippen LogP contribution in [0.3, 0.4) is 0 Å². The van der Waals surface area contributed by atoms with E-state index in [0.717, 1.165) is 18.6 Å². The molecule has 1 N–H and O–H groups in total. The van der Waals surface area contributed by atoms with Crippen LogP contribution in [-0.4, -0.2) is 31.3 Å². The number of benzene rings is 1. The fourth-order valence-electron chi connectivity index (χ4n) is 3.38. The Balaban J connectivity index is 1.45. The van der Waals surface area contributed by atoms with E-state index in [1.54, 1.807) is 13.1 Å². The zero-order chi connectivity index (χ0) is 18.8. The molecule has 0 unspecified atom stereocenters. The molecule has 0 radical (unpaired) electrons. The first-order chi connectivity index (χ1) is 13.1. The van der Waals surface area contributed by atoms with Crippen LogP contribution in [0.5, 0.6) is 5.75 Å². The predicted molar refractivity (Wildman–Crippen MR) is 101 cm³/mol. The highest BCUT2D eigenvalue weighted by molar-refractivity contribution is 5.90. The van der Waals surface area contributed by atoms with Crippen molar-refractivity contribution >= 4 is 22.6 Å². The summed E-state index contributed by atoms with van der Waals surface area (Å²) in [6.45, 7) is -0.121. The second-order valence-corrected chi connectivity index (χ2v) is 6.78. The summed E-state index contributed by atoms with van der Waals surface area (Å²) in [6, 6.07) is 7.33. The van der Waals surface area contributed by atoms with Gasteiger partial charge in [-0.25, -0.2) is 4.98 Å². The first-order valence-corrected chi connectivity index (χ1v) is 9.04. The minimum absolute atomic E-state index is 0.121. The van der Waals surface area contributed by atoms with Crippen LogP contribution in [0.25, 0.3) is 11.0 Å². The van der Waals surface area contributed by atoms with Crippen molar-refractivity contribution in [1.29, 1.82) is 0 Å². The van der Waals surface area contributed by atoms with E-state index < -0.39 is 0 Å². The summed E-state index contributed by atoms with van der Waals surface area (Å²) in [4.78, 5) is 29.0. The number of ether oxygens (including phenoxy) is 1. The van der Waals surface area contributed by atoms with Gasteiger partial charge in [-0.05, 0) is 37.8 Å². The number of aryl methyl sites for hydroxylation is 1. The second kappa shape index (κ2) is 7.22. The number of carbonyl (C=O) groups is 1. The van der Waals surface area contributed by atoms with Crippen LogP contribution in [0.15, 0.2) is 41.6 Å². The molecular formula is C19H21N5O3. The molecule has 1 fully saturated rings.